The maximum atomic E-state index is 6.10. The Morgan fingerprint density at radius 2 is 2.05 bits per heavy atom. The van der Waals surface area contributed by atoms with E-state index in [1.807, 2.05) is 36.5 Å². The number of pyridine rings is 1. The third-order valence-corrected chi connectivity index (χ3v) is 3.52. The summed E-state index contributed by atoms with van der Waals surface area (Å²) in [5.41, 5.74) is 2.29. The van der Waals surface area contributed by atoms with Gasteiger partial charge in [-0.2, -0.15) is 0 Å². The minimum absolute atomic E-state index is 0.221. The SMILES string of the molecule is CCNC(c1cccc(Cl)c1)C(C)c1ccccn1. The van der Waals surface area contributed by atoms with Crippen molar-refractivity contribution in [3.05, 3.63) is 64.9 Å². The van der Waals surface area contributed by atoms with Gasteiger partial charge in [-0.25, -0.2) is 0 Å². The van der Waals surface area contributed by atoms with Crippen molar-refractivity contribution in [1.82, 2.24) is 10.3 Å². The lowest BCUT2D eigenvalue weighted by Gasteiger charge is -2.25. The summed E-state index contributed by atoms with van der Waals surface area (Å²) >= 11 is 6.10. The van der Waals surface area contributed by atoms with Crippen molar-refractivity contribution in [2.75, 3.05) is 6.54 Å². The highest BCUT2D eigenvalue weighted by atomic mass is 35.5. The number of rotatable bonds is 5. The molecule has 0 aliphatic rings. The number of halogens is 1. The topological polar surface area (TPSA) is 24.9 Å². The van der Waals surface area contributed by atoms with Gasteiger partial charge in [0.1, 0.15) is 0 Å². The van der Waals surface area contributed by atoms with Crippen LogP contribution >= 0.6 is 11.6 Å². The first-order chi connectivity index (χ1) is 9.22. The Hall–Kier alpha value is -1.38. The second-order valence-electron chi connectivity index (χ2n) is 4.63. The number of hydrogen-bond donors (Lipinski definition) is 1. The van der Waals surface area contributed by atoms with Gasteiger partial charge in [0.2, 0.25) is 0 Å². The average molecular weight is 275 g/mol. The Kier molecular flexibility index (Phi) is 4.94. The summed E-state index contributed by atoms with van der Waals surface area (Å²) in [4.78, 5) is 4.46. The van der Waals surface area contributed by atoms with Crippen LogP contribution in [-0.2, 0) is 0 Å². The summed E-state index contributed by atoms with van der Waals surface area (Å²) in [5.74, 6) is 0.291. The normalized spacial score (nSPS) is 14.1. The highest BCUT2D eigenvalue weighted by Gasteiger charge is 2.20. The van der Waals surface area contributed by atoms with Crippen LogP contribution < -0.4 is 5.32 Å². The third kappa shape index (κ3) is 3.55. The molecular weight excluding hydrogens is 256 g/mol. The standard InChI is InChI=1S/C16H19ClN2/c1-3-18-16(13-7-6-8-14(17)11-13)12(2)15-9-4-5-10-19-15/h4-12,16,18H,3H2,1-2H3. The molecule has 2 nitrogen and oxygen atoms in total. The van der Waals surface area contributed by atoms with Crippen molar-refractivity contribution >= 4 is 11.6 Å². The lowest BCUT2D eigenvalue weighted by atomic mass is 9.91. The monoisotopic (exact) mass is 274 g/mol. The molecule has 0 saturated heterocycles. The third-order valence-electron chi connectivity index (χ3n) is 3.29. The fourth-order valence-electron chi connectivity index (χ4n) is 2.32. The summed E-state index contributed by atoms with van der Waals surface area (Å²) in [6, 6.07) is 14.3. The van der Waals surface area contributed by atoms with Gasteiger partial charge in [-0.3, -0.25) is 4.98 Å². The lowest BCUT2D eigenvalue weighted by molar-refractivity contribution is 0.472. The van der Waals surface area contributed by atoms with Crippen molar-refractivity contribution in [3.63, 3.8) is 0 Å². The summed E-state index contributed by atoms with van der Waals surface area (Å²) in [7, 11) is 0. The Bertz CT molecular complexity index is 513. The minimum Gasteiger partial charge on any atom is -0.310 e. The fourth-order valence-corrected chi connectivity index (χ4v) is 2.52. The summed E-state index contributed by atoms with van der Waals surface area (Å²) in [6.45, 7) is 5.22. The van der Waals surface area contributed by atoms with Crippen LogP contribution in [0.5, 0.6) is 0 Å². The summed E-state index contributed by atoms with van der Waals surface area (Å²) in [5, 5.41) is 4.30. The number of hydrogen-bond acceptors (Lipinski definition) is 2. The molecule has 19 heavy (non-hydrogen) atoms. The van der Waals surface area contributed by atoms with Crippen LogP contribution in [0.25, 0.3) is 0 Å². The van der Waals surface area contributed by atoms with Gasteiger partial charge in [-0.15, -0.1) is 0 Å². The number of nitrogens with zero attached hydrogens (tertiary/aromatic N) is 1. The largest absolute Gasteiger partial charge is 0.310 e. The van der Waals surface area contributed by atoms with E-state index in [2.05, 4.69) is 36.3 Å². The molecule has 0 fully saturated rings. The number of benzene rings is 1. The Balaban J connectivity index is 2.30. The molecule has 0 aliphatic carbocycles. The zero-order valence-corrected chi connectivity index (χ0v) is 12.1. The predicted octanol–water partition coefficient (Wildman–Crippen LogP) is 4.19. The smallest absolute Gasteiger partial charge is 0.0450 e. The molecule has 100 valence electrons. The molecule has 2 rings (SSSR count). The highest BCUT2D eigenvalue weighted by molar-refractivity contribution is 6.30. The highest BCUT2D eigenvalue weighted by Crippen LogP contribution is 2.30. The lowest BCUT2D eigenvalue weighted by Crippen LogP contribution is -2.26. The molecule has 0 bridgehead atoms. The molecular formula is C16H19ClN2. The van der Waals surface area contributed by atoms with Gasteiger partial charge in [-0.05, 0) is 36.4 Å². The number of aromatic nitrogens is 1. The first-order valence-corrected chi connectivity index (χ1v) is 7.00. The van der Waals surface area contributed by atoms with Gasteiger partial charge < -0.3 is 5.32 Å². The van der Waals surface area contributed by atoms with Crippen LogP contribution in [0.3, 0.4) is 0 Å². The van der Waals surface area contributed by atoms with Crippen LogP contribution in [-0.4, -0.2) is 11.5 Å². The Labute approximate surface area is 119 Å². The van der Waals surface area contributed by atoms with E-state index >= 15 is 0 Å². The van der Waals surface area contributed by atoms with E-state index in [0.717, 1.165) is 17.3 Å². The van der Waals surface area contributed by atoms with Crippen molar-refractivity contribution in [2.24, 2.45) is 0 Å². The molecule has 0 spiro atoms. The quantitative estimate of drug-likeness (QED) is 0.884. The van der Waals surface area contributed by atoms with Gasteiger partial charge >= 0.3 is 0 Å². The zero-order valence-electron chi connectivity index (χ0n) is 11.3. The van der Waals surface area contributed by atoms with Gasteiger partial charge in [0.05, 0.1) is 0 Å². The van der Waals surface area contributed by atoms with Crippen LogP contribution in [0.4, 0.5) is 0 Å². The van der Waals surface area contributed by atoms with Gasteiger partial charge in [-0.1, -0.05) is 43.6 Å². The van der Waals surface area contributed by atoms with E-state index in [1.165, 1.54) is 5.56 Å². The number of nitrogens with one attached hydrogen (secondary N) is 1. The molecule has 2 unspecified atom stereocenters. The first-order valence-electron chi connectivity index (χ1n) is 6.62. The number of likely N-dealkylation sites (N-methyl/N-ethyl adjacent to an activating group) is 1. The van der Waals surface area contributed by atoms with Crippen LogP contribution in [0.15, 0.2) is 48.7 Å². The molecule has 1 aromatic heterocycles. The maximum Gasteiger partial charge on any atom is 0.0450 e. The molecule has 0 radical (unpaired) electrons. The molecule has 2 atom stereocenters. The minimum atomic E-state index is 0.221. The van der Waals surface area contributed by atoms with Crippen molar-refractivity contribution < 1.29 is 0 Å². The van der Waals surface area contributed by atoms with Crippen molar-refractivity contribution in [2.45, 2.75) is 25.8 Å². The maximum absolute atomic E-state index is 6.10. The van der Waals surface area contributed by atoms with Crippen LogP contribution in [0.1, 0.15) is 37.1 Å². The molecule has 0 aliphatic heterocycles. The molecule has 1 N–H and O–H groups in total. The van der Waals surface area contributed by atoms with E-state index in [9.17, 15) is 0 Å². The average Bonchev–Trinajstić information content (AvgIpc) is 2.45. The first kappa shape index (κ1) is 14.0. The van der Waals surface area contributed by atoms with E-state index in [4.69, 9.17) is 11.6 Å². The molecule has 1 aromatic carbocycles. The van der Waals surface area contributed by atoms with E-state index in [1.54, 1.807) is 0 Å². The van der Waals surface area contributed by atoms with E-state index in [-0.39, 0.29) is 6.04 Å². The van der Waals surface area contributed by atoms with Crippen molar-refractivity contribution in [1.29, 1.82) is 0 Å². The predicted molar refractivity (Wildman–Crippen MR) is 80.5 cm³/mol. The Morgan fingerprint density at radius 1 is 1.21 bits per heavy atom. The van der Waals surface area contributed by atoms with Gasteiger partial charge in [0.25, 0.3) is 0 Å². The molecule has 0 amide bonds. The molecule has 3 heteroatoms. The van der Waals surface area contributed by atoms with Crippen LogP contribution in [0, 0.1) is 0 Å². The molecule has 1 heterocycles. The molecule has 0 saturated carbocycles. The fraction of sp³-hybridized carbons (Fsp3) is 0.312. The molecule has 2 aromatic rings. The van der Waals surface area contributed by atoms with Crippen LogP contribution in [0.2, 0.25) is 5.02 Å². The van der Waals surface area contributed by atoms with Gasteiger partial charge in [0, 0.05) is 28.9 Å². The van der Waals surface area contributed by atoms with Gasteiger partial charge in [0.15, 0.2) is 0 Å². The van der Waals surface area contributed by atoms with Crippen molar-refractivity contribution in [3.8, 4) is 0 Å². The summed E-state index contributed by atoms with van der Waals surface area (Å²) in [6.07, 6.45) is 1.84. The second kappa shape index (κ2) is 6.69. The van der Waals surface area contributed by atoms with E-state index in [0.29, 0.717) is 5.92 Å². The Morgan fingerprint density at radius 3 is 2.68 bits per heavy atom. The summed E-state index contributed by atoms with van der Waals surface area (Å²) < 4.78 is 0. The van der Waals surface area contributed by atoms with E-state index < -0.39 is 0 Å². The zero-order chi connectivity index (χ0) is 13.7. The second-order valence-corrected chi connectivity index (χ2v) is 5.07.